The van der Waals surface area contributed by atoms with Gasteiger partial charge < -0.3 is 11.1 Å². The van der Waals surface area contributed by atoms with Crippen molar-refractivity contribution in [3.8, 4) is 0 Å². The Morgan fingerprint density at radius 3 is 2.47 bits per heavy atom. The first-order valence-electron chi connectivity index (χ1n) is 5.64. The summed E-state index contributed by atoms with van der Waals surface area (Å²) in [5, 5.41) is 3.21. The van der Waals surface area contributed by atoms with Gasteiger partial charge in [-0.1, -0.05) is 19.1 Å². The number of hydrogen-bond acceptors (Lipinski definition) is 4. The lowest BCUT2D eigenvalue weighted by Crippen LogP contribution is -2.00. The van der Waals surface area contributed by atoms with E-state index in [1.165, 1.54) is 5.56 Å². The number of nitrogen functional groups attached to an aromatic ring is 1. The van der Waals surface area contributed by atoms with Gasteiger partial charge in [0.1, 0.15) is 17.5 Å². The molecule has 0 saturated carbocycles. The Labute approximate surface area is 101 Å². The first-order chi connectivity index (χ1) is 8.17. The highest BCUT2D eigenvalue weighted by molar-refractivity contribution is 5.58. The van der Waals surface area contributed by atoms with Crippen LogP contribution in [0.3, 0.4) is 0 Å². The van der Waals surface area contributed by atoms with Gasteiger partial charge in [-0.2, -0.15) is 0 Å². The molecule has 0 saturated heterocycles. The molecule has 0 radical (unpaired) electrons. The predicted octanol–water partition coefficient (Wildman–Crippen LogP) is 2.67. The molecule has 0 amide bonds. The van der Waals surface area contributed by atoms with Gasteiger partial charge in [-0.05, 0) is 31.0 Å². The minimum Gasteiger partial charge on any atom is -0.384 e. The van der Waals surface area contributed by atoms with E-state index in [4.69, 9.17) is 5.73 Å². The van der Waals surface area contributed by atoms with Crippen molar-refractivity contribution < 1.29 is 0 Å². The van der Waals surface area contributed by atoms with Crippen molar-refractivity contribution in [3.05, 3.63) is 41.7 Å². The normalized spacial score (nSPS) is 10.2. The maximum atomic E-state index is 5.67. The SMILES string of the molecule is CCc1ccc(Nc2cc(N)nc(C)n2)cc1. The average Bonchev–Trinajstić information content (AvgIpc) is 2.28. The first kappa shape index (κ1) is 11.4. The molecular weight excluding hydrogens is 212 g/mol. The van der Waals surface area contributed by atoms with Gasteiger partial charge in [0.05, 0.1) is 0 Å². The van der Waals surface area contributed by atoms with Gasteiger partial charge >= 0.3 is 0 Å². The fourth-order valence-corrected chi connectivity index (χ4v) is 1.63. The van der Waals surface area contributed by atoms with E-state index in [1.807, 2.05) is 19.1 Å². The molecule has 1 aromatic carbocycles. The Morgan fingerprint density at radius 2 is 1.88 bits per heavy atom. The molecule has 1 heterocycles. The van der Waals surface area contributed by atoms with Gasteiger partial charge in [-0.15, -0.1) is 0 Å². The number of nitrogens with two attached hydrogens (primary N) is 1. The number of aromatic nitrogens is 2. The summed E-state index contributed by atoms with van der Waals surface area (Å²) in [5.74, 6) is 1.86. The zero-order chi connectivity index (χ0) is 12.3. The van der Waals surface area contributed by atoms with Gasteiger partial charge in [-0.25, -0.2) is 9.97 Å². The molecule has 0 spiro atoms. The van der Waals surface area contributed by atoms with Crippen molar-refractivity contribution in [1.29, 1.82) is 0 Å². The highest BCUT2D eigenvalue weighted by Gasteiger charge is 1.99. The molecule has 0 aliphatic carbocycles. The number of nitrogens with one attached hydrogen (secondary N) is 1. The molecule has 0 fully saturated rings. The topological polar surface area (TPSA) is 63.8 Å². The maximum absolute atomic E-state index is 5.67. The average molecular weight is 228 g/mol. The largest absolute Gasteiger partial charge is 0.384 e. The number of nitrogens with zero attached hydrogens (tertiary/aromatic N) is 2. The fourth-order valence-electron chi connectivity index (χ4n) is 1.63. The second kappa shape index (κ2) is 4.82. The third kappa shape index (κ3) is 2.93. The molecule has 2 aromatic rings. The minimum absolute atomic E-state index is 0.477. The van der Waals surface area contributed by atoms with E-state index in [1.54, 1.807) is 6.07 Å². The molecule has 0 aliphatic heterocycles. The standard InChI is InChI=1S/C13H16N4/c1-3-10-4-6-11(7-5-10)17-13-8-12(14)15-9(2)16-13/h4-8H,3H2,1-2H3,(H3,14,15,16,17). The van der Waals surface area contributed by atoms with Crippen molar-refractivity contribution in [2.24, 2.45) is 0 Å². The number of hydrogen-bond donors (Lipinski definition) is 2. The van der Waals surface area contributed by atoms with E-state index >= 15 is 0 Å². The molecule has 4 heteroatoms. The molecule has 0 aliphatic rings. The molecule has 0 bridgehead atoms. The Balaban J connectivity index is 2.19. The Bertz CT molecular complexity index is 485. The van der Waals surface area contributed by atoms with Crippen LogP contribution in [0.1, 0.15) is 18.3 Å². The minimum atomic E-state index is 0.477. The van der Waals surface area contributed by atoms with Crippen molar-refractivity contribution in [2.45, 2.75) is 20.3 Å². The highest BCUT2D eigenvalue weighted by Crippen LogP contribution is 2.16. The molecule has 0 unspecified atom stereocenters. The van der Waals surface area contributed by atoms with Crippen LogP contribution in [0.15, 0.2) is 30.3 Å². The van der Waals surface area contributed by atoms with E-state index in [0.717, 1.165) is 17.9 Å². The molecule has 3 N–H and O–H groups in total. The van der Waals surface area contributed by atoms with Crippen molar-refractivity contribution in [1.82, 2.24) is 9.97 Å². The Morgan fingerprint density at radius 1 is 1.18 bits per heavy atom. The van der Waals surface area contributed by atoms with Gasteiger partial charge in [0, 0.05) is 11.8 Å². The predicted molar refractivity (Wildman–Crippen MR) is 70.3 cm³/mol. The molecule has 4 nitrogen and oxygen atoms in total. The van der Waals surface area contributed by atoms with Crippen LogP contribution in [0, 0.1) is 6.92 Å². The van der Waals surface area contributed by atoms with E-state index < -0.39 is 0 Å². The molecule has 2 rings (SSSR count). The second-order valence-electron chi connectivity index (χ2n) is 3.90. The number of anilines is 3. The fraction of sp³-hybridized carbons (Fsp3) is 0.231. The summed E-state index contributed by atoms with van der Waals surface area (Å²) >= 11 is 0. The van der Waals surface area contributed by atoms with Crippen LogP contribution < -0.4 is 11.1 Å². The monoisotopic (exact) mass is 228 g/mol. The lowest BCUT2D eigenvalue weighted by molar-refractivity contribution is 1.06. The molecule has 0 atom stereocenters. The maximum Gasteiger partial charge on any atom is 0.136 e. The van der Waals surface area contributed by atoms with Crippen molar-refractivity contribution in [3.63, 3.8) is 0 Å². The molecule has 17 heavy (non-hydrogen) atoms. The van der Waals surface area contributed by atoms with Crippen LogP contribution in [0.4, 0.5) is 17.3 Å². The Kier molecular flexibility index (Phi) is 3.23. The third-order valence-electron chi connectivity index (χ3n) is 2.49. The van der Waals surface area contributed by atoms with Gasteiger partial charge in [-0.3, -0.25) is 0 Å². The number of rotatable bonds is 3. The van der Waals surface area contributed by atoms with Crippen LogP contribution in [-0.4, -0.2) is 9.97 Å². The van der Waals surface area contributed by atoms with Crippen LogP contribution in [0.5, 0.6) is 0 Å². The van der Waals surface area contributed by atoms with Gasteiger partial charge in [0.2, 0.25) is 0 Å². The highest BCUT2D eigenvalue weighted by atomic mass is 15.0. The summed E-state index contributed by atoms with van der Waals surface area (Å²) in [7, 11) is 0. The molecular formula is C13H16N4. The van der Waals surface area contributed by atoms with E-state index in [-0.39, 0.29) is 0 Å². The lowest BCUT2D eigenvalue weighted by atomic mass is 10.1. The van der Waals surface area contributed by atoms with E-state index in [9.17, 15) is 0 Å². The number of benzene rings is 1. The molecule has 88 valence electrons. The summed E-state index contributed by atoms with van der Waals surface area (Å²) in [4.78, 5) is 8.30. The zero-order valence-corrected chi connectivity index (χ0v) is 10.1. The van der Waals surface area contributed by atoms with Crippen LogP contribution in [0.2, 0.25) is 0 Å². The van der Waals surface area contributed by atoms with Crippen molar-refractivity contribution >= 4 is 17.3 Å². The van der Waals surface area contributed by atoms with Gasteiger partial charge in [0.15, 0.2) is 0 Å². The zero-order valence-electron chi connectivity index (χ0n) is 10.1. The summed E-state index contributed by atoms with van der Waals surface area (Å²) in [6, 6.07) is 9.99. The third-order valence-corrected chi connectivity index (χ3v) is 2.49. The summed E-state index contributed by atoms with van der Waals surface area (Å²) in [5.41, 5.74) is 7.98. The Hall–Kier alpha value is -2.10. The van der Waals surface area contributed by atoms with E-state index in [2.05, 4.69) is 34.3 Å². The molecule has 1 aromatic heterocycles. The summed E-state index contributed by atoms with van der Waals surface area (Å²) in [6.45, 7) is 3.96. The van der Waals surface area contributed by atoms with E-state index in [0.29, 0.717) is 11.6 Å². The van der Waals surface area contributed by atoms with Gasteiger partial charge in [0.25, 0.3) is 0 Å². The smallest absolute Gasteiger partial charge is 0.136 e. The second-order valence-corrected chi connectivity index (χ2v) is 3.90. The van der Waals surface area contributed by atoms with Crippen LogP contribution in [0.25, 0.3) is 0 Å². The van der Waals surface area contributed by atoms with Crippen LogP contribution in [-0.2, 0) is 6.42 Å². The first-order valence-corrected chi connectivity index (χ1v) is 5.64. The number of aryl methyl sites for hydroxylation is 2. The summed E-state index contributed by atoms with van der Waals surface area (Å²) in [6.07, 6.45) is 1.04. The van der Waals surface area contributed by atoms with Crippen molar-refractivity contribution in [2.75, 3.05) is 11.1 Å². The van der Waals surface area contributed by atoms with Crippen LogP contribution >= 0.6 is 0 Å². The quantitative estimate of drug-likeness (QED) is 0.847. The lowest BCUT2D eigenvalue weighted by Gasteiger charge is -2.07. The summed E-state index contributed by atoms with van der Waals surface area (Å²) < 4.78 is 0.